The van der Waals surface area contributed by atoms with Gasteiger partial charge in [-0.2, -0.15) is 0 Å². The lowest BCUT2D eigenvalue weighted by molar-refractivity contribution is 0.589. The van der Waals surface area contributed by atoms with Crippen molar-refractivity contribution < 1.29 is 4.39 Å². The molecular weight excluding hydrogens is 399 g/mol. The molecule has 0 spiro atoms. The van der Waals surface area contributed by atoms with Crippen LogP contribution in [-0.4, -0.2) is 28.0 Å². The summed E-state index contributed by atoms with van der Waals surface area (Å²) in [5.74, 6) is 1.18. The van der Waals surface area contributed by atoms with Gasteiger partial charge in [-0.1, -0.05) is 36.4 Å². The molecule has 0 bridgehead atoms. The van der Waals surface area contributed by atoms with Crippen molar-refractivity contribution in [3.63, 3.8) is 0 Å². The van der Waals surface area contributed by atoms with Crippen LogP contribution in [0.4, 0.5) is 10.2 Å². The summed E-state index contributed by atoms with van der Waals surface area (Å²) in [5.41, 5.74) is 4.29. The first-order valence-electron chi connectivity index (χ1n) is 11.0. The van der Waals surface area contributed by atoms with Gasteiger partial charge >= 0.3 is 0 Å². The van der Waals surface area contributed by atoms with E-state index in [4.69, 9.17) is 4.98 Å². The van der Waals surface area contributed by atoms with Crippen molar-refractivity contribution in [2.24, 2.45) is 0 Å². The quantitative estimate of drug-likeness (QED) is 0.417. The van der Waals surface area contributed by atoms with E-state index in [2.05, 4.69) is 33.1 Å². The highest BCUT2D eigenvalue weighted by atomic mass is 19.1. The molecule has 5 rings (SSSR count). The van der Waals surface area contributed by atoms with Gasteiger partial charge in [-0.15, -0.1) is 0 Å². The van der Waals surface area contributed by atoms with Crippen LogP contribution in [0.5, 0.6) is 0 Å². The molecule has 0 amide bonds. The van der Waals surface area contributed by atoms with E-state index in [1.165, 1.54) is 5.56 Å². The van der Waals surface area contributed by atoms with Crippen molar-refractivity contribution in [3.05, 3.63) is 120 Å². The number of aromatic nitrogens is 3. The molecule has 32 heavy (non-hydrogen) atoms. The topological polar surface area (TPSA) is 41.9 Å². The van der Waals surface area contributed by atoms with Gasteiger partial charge in [-0.25, -0.2) is 9.37 Å². The summed E-state index contributed by atoms with van der Waals surface area (Å²) >= 11 is 0. The second kappa shape index (κ2) is 9.27. The average Bonchev–Trinajstić information content (AvgIpc) is 3.34. The van der Waals surface area contributed by atoms with Crippen LogP contribution >= 0.6 is 0 Å². The minimum atomic E-state index is -0.117. The highest BCUT2D eigenvalue weighted by molar-refractivity contribution is 5.50. The minimum absolute atomic E-state index is 0.117. The molecule has 0 aliphatic carbocycles. The van der Waals surface area contributed by atoms with Gasteiger partial charge in [0.1, 0.15) is 11.6 Å². The van der Waals surface area contributed by atoms with E-state index in [1.54, 1.807) is 24.5 Å². The van der Waals surface area contributed by atoms with Gasteiger partial charge < -0.3 is 4.90 Å². The molecular formula is C27H25FN4. The van der Waals surface area contributed by atoms with Crippen molar-refractivity contribution in [2.45, 2.75) is 24.7 Å². The smallest absolute Gasteiger partial charge is 0.131 e. The molecule has 1 unspecified atom stereocenters. The van der Waals surface area contributed by atoms with Crippen molar-refractivity contribution in [1.82, 2.24) is 15.0 Å². The summed E-state index contributed by atoms with van der Waals surface area (Å²) in [6.07, 6.45) is 11.0. The van der Waals surface area contributed by atoms with Gasteiger partial charge in [-0.05, 0) is 59.4 Å². The molecule has 1 aliphatic rings. The Labute approximate surface area is 187 Å². The predicted octanol–water partition coefficient (Wildman–Crippen LogP) is 5.38. The SMILES string of the molecule is Fc1ccccc1C1CCN(c2ncccc2CC(c2cccnc2)c2cccnc2)C1. The maximum Gasteiger partial charge on any atom is 0.131 e. The first-order valence-corrected chi connectivity index (χ1v) is 11.0. The van der Waals surface area contributed by atoms with E-state index >= 15 is 0 Å². The number of nitrogens with zero attached hydrogens (tertiary/aromatic N) is 4. The lowest BCUT2D eigenvalue weighted by Crippen LogP contribution is -2.22. The number of halogens is 1. The Hall–Kier alpha value is -3.60. The number of hydrogen-bond acceptors (Lipinski definition) is 4. The summed E-state index contributed by atoms with van der Waals surface area (Å²) in [7, 11) is 0. The highest BCUT2D eigenvalue weighted by Crippen LogP contribution is 2.35. The Kier molecular flexibility index (Phi) is 5.88. The average molecular weight is 425 g/mol. The molecule has 4 heterocycles. The number of benzene rings is 1. The largest absolute Gasteiger partial charge is 0.356 e. The van der Waals surface area contributed by atoms with Gasteiger partial charge in [0.05, 0.1) is 0 Å². The first-order chi connectivity index (χ1) is 15.8. The second-order valence-electron chi connectivity index (χ2n) is 8.27. The van der Waals surface area contributed by atoms with Crippen LogP contribution in [0.25, 0.3) is 0 Å². The Bertz CT molecular complexity index is 1130. The van der Waals surface area contributed by atoms with Crippen LogP contribution in [-0.2, 0) is 6.42 Å². The lowest BCUT2D eigenvalue weighted by Gasteiger charge is -2.24. The van der Waals surface area contributed by atoms with E-state index in [1.807, 2.05) is 48.9 Å². The van der Waals surface area contributed by atoms with Crippen LogP contribution in [0.3, 0.4) is 0 Å². The van der Waals surface area contributed by atoms with Crippen molar-refractivity contribution in [2.75, 3.05) is 18.0 Å². The molecule has 0 radical (unpaired) electrons. The molecule has 4 aromatic rings. The third-order valence-electron chi connectivity index (χ3n) is 6.30. The number of pyridine rings is 3. The minimum Gasteiger partial charge on any atom is -0.356 e. The van der Waals surface area contributed by atoms with E-state index in [0.717, 1.165) is 48.4 Å². The summed E-state index contributed by atoms with van der Waals surface area (Å²) in [5, 5.41) is 0. The molecule has 1 atom stereocenters. The normalized spacial score (nSPS) is 15.9. The number of hydrogen-bond donors (Lipinski definition) is 0. The van der Waals surface area contributed by atoms with Crippen LogP contribution < -0.4 is 4.90 Å². The predicted molar refractivity (Wildman–Crippen MR) is 124 cm³/mol. The van der Waals surface area contributed by atoms with Gasteiger partial charge in [0.2, 0.25) is 0 Å². The lowest BCUT2D eigenvalue weighted by atomic mass is 9.87. The molecule has 1 aromatic carbocycles. The van der Waals surface area contributed by atoms with Gasteiger partial charge in [-0.3, -0.25) is 9.97 Å². The van der Waals surface area contributed by atoms with E-state index in [0.29, 0.717) is 0 Å². The summed E-state index contributed by atoms with van der Waals surface area (Å²) in [6, 6.07) is 19.4. The van der Waals surface area contributed by atoms with Gasteiger partial charge in [0.25, 0.3) is 0 Å². The Morgan fingerprint density at radius 1 is 0.875 bits per heavy atom. The van der Waals surface area contributed by atoms with Crippen LogP contribution in [0, 0.1) is 5.82 Å². The zero-order valence-corrected chi connectivity index (χ0v) is 17.8. The second-order valence-corrected chi connectivity index (χ2v) is 8.27. The zero-order valence-electron chi connectivity index (χ0n) is 17.8. The van der Waals surface area contributed by atoms with Crippen molar-refractivity contribution in [1.29, 1.82) is 0 Å². The van der Waals surface area contributed by atoms with E-state index in [-0.39, 0.29) is 17.7 Å². The summed E-state index contributed by atoms with van der Waals surface area (Å²) in [6.45, 7) is 1.64. The van der Waals surface area contributed by atoms with Gasteiger partial charge in [0, 0.05) is 55.9 Å². The maximum atomic E-state index is 14.4. The van der Waals surface area contributed by atoms with E-state index in [9.17, 15) is 4.39 Å². The Morgan fingerprint density at radius 2 is 1.59 bits per heavy atom. The molecule has 1 saturated heterocycles. The Morgan fingerprint density at radius 3 is 2.28 bits per heavy atom. The molecule has 3 aromatic heterocycles. The molecule has 5 heteroatoms. The summed E-state index contributed by atoms with van der Waals surface area (Å²) in [4.78, 5) is 15.7. The molecule has 160 valence electrons. The fourth-order valence-electron chi connectivity index (χ4n) is 4.70. The third kappa shape index (κ3) is 4.24. The highest BCUT2D eigenvalue weighted by Gasteiger charge is 2.28. The van der Waals surface area contributed by atoms with E-state index < -0.39 is 0 Å². The monoisotopic (exact) mass is 424 g/mol. The Balaban J connectivity index is 1.44. The standard InChI is InChI=1S/C27H25FN4/c28-26-10-2-1-9-24(26)23-11-15-32(19-23)27-20(6-5-14-31-27)16-25(21-7-3-12-29-17-21)22-8-4-13-30-18-22/h1-10,12-14,17-18,23,25H,11,15-16,19H2. The molecule has 4 nitrogen and oxygen atoms in total. The van der Waals surface area contributed by atoms with Crippen molar-refractivity contribution >= 4 is 5.82 Å². The molecule has 1 fully saturated rings. The van der Waals surface area contributed by atoms with Crippen LogP contribution in [0.1, 0.15) is 40.5 Å². The third-order valence-corrected chi connectivity index (χ3v) is 6.30. The number of rotatable bonds is 6. The molecule has 0 N–H and O–H groups in total. The number of anilines is 1. The fourth-order valence-corrected chi connectivity index (χ4v) is 4.70. The van der Waals surface area contributed by atoms with Crippen LogP contribution in [0.15, 0.2) is 91.6 Å². The first kappa shape index (κ1) is 20.3. The van der Waals surface area contributed by atoms with Crippen molar-refractivity contribution in [3.8, 4) is 0 Å². The molecule has 1 aliphatic heterocycles. The zero-order chi connectivity index (χ0) is 21.8. The fraction of sp³-hybridized carbons (Fsp3) is 0.222. The van der Waals surface area contributed by atoms with Crippen LogP contribution in [0.2, 0.25) is 0 Å². The molecule has 0 saturated carbocycles. The maximum absolute atomic E-state index is 14.4. The van der Waals surface area contributed by atoms with Gasteiger partial charge in [0.15, 0.2) is 0 Å². The summed E-state index contributed by atoms with van der Waals surface area (Å²) < 4.78 is 14.4.